The van der Waals surface area contributed by atoms with Gasteiger partial charge in [-0.25, -0.2) is 4.79 Å². The van der Waals surface area contributed by atoms with E-state index in [1.165, 1.54) is 76.7 Å². The number of unbranched alkanes of at least 4 members (excludes halogenated alkanes) is 15. The molecule has 0 saturated heterocycles. The van der Waals surface area contributed by atoms with Gasteiger partial charge in [0.2, 0.25) is 5.60 Å². The third-order valence-corrected chi connectivity index (χ3v) is 5.78. The van der Waals surface area contributed by atoms with Crippen molar-refractivity contribution in [3.8, 4) is 0 Å². The van der Waals surface area contributed by atoms with E-state index in [0.29, 0.717) is 6.42 Å². The van der Waals surface area contributed by atoms with Gasteiger partial charge in [0, 0.05) is 0 Å². The molecule has 2 unspecified atom stereocenters. The van der Waals surface area contributed by atoms with Gasteiger partial charge in [-0.1, -0.05) is 123 Å². The fraction of sp³-hybridized carbons (Fsp3) is 0.880. The number of rotatable bonds is 21. The number of carboxylic acids is 1. The molecule has 3 N–H and O–H groups in total. The van der Waals surface area contributed by atoms with Crippen LogP contribution in [0.25, 0.3) is 0 Å². The van der Waals surface area contributed by atoms with Gasteiger partial charge in [0.25, 0.3) is 0 Å². The maximum atomic E-state index is 11.4. The van der Waals surface area contributed by atoms with Gasteiger partial charge in [-0.2, -0.15) is 0 Å². The summed E-state index contributed by atoms with van der Waals surface area (Å²) in [7, 11) is 0. The highest BCUT2D eigenvalue weighted by molar-refractivity contribution is 5.80. The van der Waals surface area contributed by atoms with E-state index in [4.69, 9.17) is 0 Å². The molecular formula is C25H48O4. The van der Waals surface area contributed by atoms with Crippen molar-refractivity contribution in [2.45, 2.75) is 141 Å². The van der Waals surface area contributed by atoms with Crippen LogP contribution in [0.3, 0.4) is 0 Å². The molecule has 0 aromatic carbocycles. The van der Waals surface area contributed by atoms with Crippen LogP contribution in [-0.4, -0.2) is 33.0 Å². The predicted octanol–water partition coefficient (Wildman–Crippen LogP) is 6.78. The molecule has 29 heavy (non-hydrogen) atoms. The van der Waals surface area contributed by atoms with E-state index in [0.717, 1.165) is 38.5 Å². The van der Waals surface area contributed by atoms with E-state index in [9.17, 15) is 20.1 Å². The van der Waals surface area contributed by atoms with E-state index in [-0.39, 0.29) is 0 Å². The summed E-state index contributed by atoms with van der Waals surface area (Å²) in [5, 5.41) is 29.8. The minimum atomic E-state index is -2.16. The third-order valence-electron chi connectivity index (χ3n) is 5.78. The van der Waals surface area contributed by atoms with Crippen LogP contribution in [0.2, 0.25) is 0 Å². The fourth-order valence-electron chi connectivity index (χ4n) is 3.66. The fourth-order valence-corrected chi connectivity index (χ4v) is 3.66. The van der Waals surface area contributed by atoms with Gasteiger partial charge < -0.3 is 15.3 Å². The van der Waals surface area contributed by atoms with Gasteiger partial charge in [0.05, 0.1) is 6.10 Å². The Kier molecular flexibility index (Phi) is 18.5. The highest BCUT2D eigenvalue weighted by Crippen LogP contribution is 2.20. The van der Waals surface area contributed by atoms with Crippen LogP contribution >= 0.6 is 0 Å². The van der Waals surface area contributed by atoms with Crippen molar-refractivity contribution in [1.29, 1.82) is 0 Å². The van der Waals surface area contributed by atoms with Crippen molar-refractivity contribution in [2.24, 2.45) is 0 Å². The minimum Gasteiger partial charge on any atom is -0.479 e. The summed E-state index contributed by atoms with van der Waals surface area (Å²) in [5.41, 5.74) is -2.16. The van der Waals surface area contributed by atoms with Gasteiger partial charge in [-0.3, -0.25) is 0 Å². The molecule has 0 aromatic rings. The van der Waals surface area contributed by atoms with E-state index < -0.39 is 17.7 Å². The molecule has 0 rings (SSSR count). The van der Waals surface area contributed by atoms with Crippen molar-refractivity contribution in [1.82, 2.24) is 0 Å². The zero-order valence-electron chi connectivity index (χ0n) is 19.2. The Bertz CT molecular complexity index is 408. The molecule has 0 aliphatic carbocycles. The average molecular weight is 413 g/mol. The number of aliphatic hydroxyl groups is 2. The third kappa shape index (κ3) is 14.7. The molecule has 0 saturated carbocycles. The highest BCUT2D eigenvalue weighted by atomic mass is 16.4. The molecule has 0 aliphatic heterocycles. The van der Waals surface area contributed by atoms with Gasteiger partial charge in [0.1, 0.15) is 0 Å². The summed E-state index contributed by atoms with van der Waals surface area (Å²) in [6.07, 6.45) is 22.2. The first-order chi connectivity index (χ1) is 14.0. The molecule has 4 heteroatoms. The number of aliphatic hydroxyl groups excluding tert-OH is 1. The molecule has 0 aromatic heterocycles. The van der Waals surface area contributed by atoms with Crippen LogP contribution in [0, 0.1) is 0 Å². The first-order valence-corrected chi connectivity index (χ1v) is 12.3. The number of hydrogen-bond acceptors (Lipinski definition) is 3. The summed E-state index contributed by atoms with van der Waals surface area (Å²) in [4.78, 5) is 11.4. The lowest BCUT2D eigenvalue weighted by molar-refractivity contribution is -0.164. The Labute approximate surface area is 179 Å². The Morgan fingerprint density at radius 1 is 0.759 bits per heavy atom. The SMILES string of the molecule is CCCC/C=C/C(O)(C(=O)O)C(O)CCCCCCCCCCCCCCCC. The number of carbonyl (C=O) groups is 1. The molecule has 0 heterocycles. The number of hydrogen-bond donors (Lipinski definition) is 3. The summed E-state index contributed by atoms with van der Waals surface area (Å²) < 4.78 is 0. The minimum absolute atomic E-state index is 0.318. The summed E-state index contributed by atoms with van der Waals surface area (Å²) >= 11 is 0. The van der Waals surface area contributed by atoms with Crippen LogP contribution in [0.1, 0.15) is 129 Å². The first-order valence-electron chi connectivity index (χ1n) is 12.3. The Morgan fingerprint density at radius 2 is 1.17 bits per heavy atom. The molecule has 4 nitrogen and oxygen atoms in total. The second-order valence-corrected chi connectivity index (χ2v) is 8.58. The van der Waals surface area contributed by atoms with Gasteiger partial charge in [0.15, 0.2) is 0 Å². The van der Waals surface area contributed by atoms with Crippen molar-refractivity contribution in [2.75, 3.05) is 0 Å². The monoisotopic (exact) mass is 412 g/mol. The van der Waals surface area contributed by atoms with Crippen LogP contribution in [0.15, 0.2) is 12.2 Å². The zero-order valence-corrected chi connectivity index (χ0v) is 19.2. The van der Waals surface area contributed by atoms with E-state index in [1.807, 2.05) is 0 Å². The smallest absolute Gasteiger partial charge is 0.342 e. The molecule has 0 bridgehead atoms. The normalized spacial score (nSPS) is 14.9. The van der Waals surface area contributed by atoms with Crippen molar-refractivity contribution in [3.63, 3.8) is 0 Å². The number of allylic oxidation sites excluding steroid dienone is 1. The molecular weight excluding hydrogens is 364 g/mol. The molecule has 0 radical (unpaired) electrons. The zero-order chi connectivity index (χ0) is 21.8. The van der Waals surface area contributed by atoms with Gasteiger partial charge in [-0.05, 0) is 18.9 Å². The van der Waals surface area contributed by atoms with Gasteiger partial charge >= 0.3 is 5.97 Å². The number of carboxylic acid groups (broad SMARTS) is 1. The maximum Gasteiger partial charge on any atom is 0.342 e. The standard InChI is InChI=1S/C25H48O4/c1-3-5-7-9-10-11-12-13-14-15-16-17-18-19-21-23(26)25(29,24(27)28)22-20-8-6-4-2/h20,22-23,26,29H,3-19,21H2,1-2H3,(H,27,28)/b22-20+. The lowest BCUT2D eigenvalue weighted by atomic mass is 9.91. The van der Waals surface area contributed by atoms with Gasteiger partial charge in [-0.15, -0.1) is 0 Å². The maximum absolute atomic E-state index is 11.4. The number of aliphatic carboxylic acids is 1. The lowest BCUT2D eigenvalue weighted by Gasteiger charge is -2.25. The van der Waals surface area contributed by atoms with Crippen molar-refractivity contribution < 1.29 is 20.1 Å². The Hall–Kier alpha value is -0.870. The summed E-state index contributed by atoms with van der Waals surface area (Å²) in [6.45, 7) is 4.31. The first kappa shape index (κ1) is 28.1. The summed E-state index contributed by atoms with van der Waals surface area (Å²) in [5.74, 6) is -1.37. The molecule has 0 spiro atoms. The lowest BCUT2D eigenvalue weighted by Crippen LogP contribution is -2.47. The van der Waals surface area contributed by atoms with E-state index >= 15 is 0 Å². The molecule has 0 fully saturated rings. The topological polar surface area (TPSA) is 77.8 Å². The largest absolute Gasteiger partial charge is 0.479 e. The van der Waals surface area contributed by atoms with Crippen molar-refractivity contribution >= 4 is 5.97 Å². The van der Waals surface area contributed by atoms with E-state index in [1.54, 1.807) is 6.08 Å². The second kappa shape index (κ2) is 19.1. The second-order valence-electron chi connectivity index (χ2n) is 8.58. The summed E-state index contributed by atoms with van der Waals surface area (Å²) in [6, 6.07) is 0. The van der Waals surface area contributed by atoms with Crippen LogP contribution in [-0.2, 0) is 4.79 Å². The molecule has 2 atom stereocenters. The predicted molar refractivity (Wildman–Crippen MR) is 122 cm³/mol. The Balaban J connectivity index is 3.72. The Morgan fingerprint density at radius 3 is 1.59 bits per heavy atom. The van der Waals surface area contributed by atoms with E-state index in [2.05, 4.69) is 13.8 Å². The molecule has 172 valence electrons. The van der Waals surface area contributed by atoms with Crippen LogP contribution < -0.4 is 0 Å². The molecule has 0 amide bonds. The average Bonchev–Trinajstić information content (AvgIpc) is 2.70. The quantitative estimate of drug-likeness (QED) is 0.143. The van der Waals surface area contributed by atoms with Crippen LogP contribution in [0.5, 0.6) is 0 Å². The highest BCUT2D eigenvalue weighted by Gasteiger charge is 2.40. The molecule has 0 aliphatic rings. The van der Waals surface area contributed by atoms with Crippen LogP contribution in [0.4, 0.5) is 0 Å². The van der Waals surface area contributed by atoms with Crippen molar-refractivity contribution in [3.05, 3.63) is 12.2 Å².